The van der Waals surface area contributed by atoms with Crippen molar-refractivity contribution in [3.63, 3.8) is 0 Å². The van der Waals surface area contributed by atoms with Gasteiger partial charge < -0.3 is 10.2 Å². The van der Waals surface area contributed by atoms with Gasteiger partial charge in [0.15, 0.2) is 0 Å². The summed E-state index contributed by atoms with van der Waals surface area (Å²) in [6.45, 7) is 0. The maximum absolute atomic E-state index is 13.7. The summed E-state index contributed by atoms with van der Waals surface area (Å²) in [4.78, 5) is 25.9. The molecule has 2 rings (SSSR count). The van der Waals surface area contributed by atoms with E-state index < -0.39 is 29.1 Å². The van der Waals surface area contributed by atoms with Crippen LogP contribution in [0.4, 0.5) is 8.78 Å². The van der Waals surface area contributed by atoms with E-state index in [4.69, 9.17) is 0 Å². The number of halogens is 2. The predicted molar refractivity (Wildman–Crippen MR) is 86.5 cm³/mol. The normalized spacial score (nSPS) is 11.7. The maximum Gasteiger partial charge on any atom is 0.255 e. The minimum Gasteiger partial charge on any atom is -0.347 e. The van der Waals surface area contributed by atoms with Crippen LogP contribution in [0.25, 0.3) is 0 Å². The van der Waals surface area contributed by atoms with Crippen molar-refractivity contribution in [2.24, 2.45) is 0 Å². The van der Waals surface area contributed by atoms with Gasteiger partial charge in [-0.15, -0.1) is 0 Å². The molecule has 2 amide bonds. The Balaban J connectivity index is 2.22. The third-order valence-corrected chi connectivity index (χ3v) is 3.50. The lowest BCUT2D eigenvalue weighted by Crippen LogP contribution is -2.47. The van der Waals surface area contributed by atoms with E-state index in [1.54, 1.807) is 14.1 Å². The first-order valence-electron chi connectivity index (χ1n) is 7.39. The molecule has 0 unspecified atom stereocenters. The molecule has 0 radical (unpaired) electrons. The summed E-state index contributed by atoms with van der Waals surface area (Å²) in [5, 5.41) is 2.49. The van der Waals surface area contributed by atoms with Crippen LogP contribution < -0.4 is 5.32 Å². The number of amides is 2. The van der Waals surface area contributed by atoms with Crippen LogP contribution in [0.5, 0.6) is 0 Å². The molecule has 6 heteroatoms. The van der Waals surface area contributed by atoms with Crippen molar-refractivity contribution in [2.75, 3.05) is 14.1 Å². The standard InChI is InChI=1S/C18H18F2N2O2/c1-22(2)18(24)16(10-12-6-4-3-5-7-12)21-17(23)14-11-13(19)8-9-15(14)20/h3-9,11,16H,10H2,1-2H3,(H,21,23)/t16-/m1/s1. The van der Waals surface area contributed by atoms with Crippen LogP contribution in [0.15, 0.2) is 48.5 Å². The second-order valence-electron chi connectivity index (χ2n) is 5.57. The number of nitrogens with zero attached hydrogens (tertiary/aromatic N) is 1. The first-order chi connectivity index (χ1) is 11.4. The third-order valence-electron chi connectivity index (χ3n) is 3.50. The zero-order valence-corrected chi connectivity index (χ0v) is 13.4. The van der Waals surface area contributed by atoms with Gasteiger partial charge in [0, 0.05) is 20.5 Å². The Bertz CT molecular complexity index is 733. The zero-order valence-electron chi connectivity index (χ0n) is 13.4. The molecular weight excluding hydrogens is 314 g/mol. The number of nitrogens with one attached hydrogen (secondary N) is 1. The van der Waals surface area contributed by atoms with E-state index in [0.29, 0.717) is 0 Å². The number of benzene rings is 2. The molecule has 0 spiro atoms. The molecule has 0 saturated carbocycles. The van der Waals surface area contributed by atoms with Crippen molar-refractivity contribution in [3.05, 3.63) is 71.3 Å². The van der Waals surface area contributed by atoms with E-state index in [2.05, 4.69) is 5.32 Å². The molecule has 4 nitrogen and oxygen atoms in total. The smallest absolute Gasteiger partial charge is 0.255 e. The van der Waals surface area contributed by atoms with Crippen LogP contribution >= 0.6 is 0 Å². The molecule has 0 heterocycles. The van der Waals surface area contributed by atoms with Crippen molar-refractivity contribution < 1.29 is 18.4 Å². The molecule has 126 valence electrons. The number of hydrogen-bond donors (Lipinski definition) is 1. The fourth-order valence-electron chi connectivity index (χ4n) is 2.27. The predicted octanol–water partition coefficient (Wildman–Crippen LogP) is 2.39. The lowest BCUT2D eigenvalue weighted by molar-refractivity contribution is -0.130. The van der Waals surface area contributed by atoms with Gasteiger partial charge in [0.25, 0.3) is 5.91 Å². The van der Waals surface area contributed by atoms with Gasteiger partial charge in [-0.1, -0.05) is 30.3 Å². The van der Waals surface area contributed by atoms with E-state index in [0.717, 1.165) is 23.8 Å². The van der Waals surface area contributed by atoms with Gasteiger partial charge in [-0.05, 0) is 23.8 Å². The van der Waals surface area contributed by atoms with Gasteiger partial charge in [0.1, 0.15) is 17.7 Å². The highest BCUT2D eigenvalue weighted by molar-refractivity contribution is 5.97. The van der Waals surface area contributed by atoms with Crippen LogP contribution in [-0.4, -0.2) is 36.9 Å². The van der Waals surface area contributed by atoms with E-state index >= 15 is 0 Å². The molecule has 0 fully saturated rings. The maximum atomic E-state index is 13.7. The zero-order chi connectivity index (χ0) is 17.7. The molecule has 1 N–H and O–H groups in total. The Labute approximate surface area is 139 Å². The average Bonchev–Trinajstić information content (AvgIpc) is 2.56. The lowest BCUT2D eigenvalue weighted by atomic mass is 10.0. The minimum atomic E-state index is -0.877. The Morgan fingerprint density at radius 3 is 2.38 bits per heavy atom. The molecular formula is C18H18F2N2O2. The Hall–Kier alpha value is -2.76. The third kappa shape index (κ3) is 4.38. The quantitative estimate of drug-likeness (QED) is 0.914. The van der Waals surface area contributed by atoms with Gasteiger partial charge in [-0.3, -0.25) is 9.59 Å². The summed E-state index contributed by atoms with van der Waals surface area (Å²) in [6.07, 6.45) is 0.251. The second-order valence-corrected chi connectivity index (χ2v) is 5.57. The lowest BCUT2D eigenvalue weighted by Gasteiger charge is -2.22. The highest BCUT2D eigenvalue weighted by Crippen LogP contribution is 2.11. The number of carbonyl (C=O) groups is 2. The van der Waals surface area contributed by atoms with Gasteiger partial charge in [-0.2, -0.15) is 0 Å². The fraction of sp³-hybridized carbons (Fsp3) is 0.222. The SMILES string of the molecule is CN(C)C(=O)[C@@H](Cc1ccccc1)NC(=O)c1cc(F)ccc1F. The van der Waals surface area contributed by atoms with Crippen molar-refractivity contribution >= 4 is 11.8 Å². The summed E-state index contributed by atoms with van der Waals surface area (Å²) >= 11 is 0. The van der Waals surface area contributed by atoms with Gasteiger partial charge in [0.05, 0.1) is 5.56 Å². The fourth-order valence-corrected chi connectivity index (χ4v) is 2.27. The molecule has 24 heavy (non-hydrogen) atoms. The van der Waals surface area contributed by atoms with E-state index in [-0.39, 0.29) is 12.3 Å². The summed E-state index contributed by atoms with van der Waals surface area (Å²) in [6, 6.07) is 10.9. The van der Waals surface area contributed by atoms with E-state index in [9.17, 15) is 18.4 Å². The number of hydrogen-bond acceptors (Lipinski definition) is 2. The van der Waals surface area contributed by atoms with Gasteiger partial charge >= 0.3 is 0 Å². The summed E-state index contributed by atoms with van der Waals surface area (Å²) in [7, 11) is 3.13. The molecule has 0 bridgehead atoms. The second kappa shape index (κ2) is 7.68. The summed E-state index contributed by atoms with van der Waals surface area (Å²) in [5.41, 5.74) is 0.414. The first-order valence-corrected chi connectivity index (χ1v) is 7.39. The molecule has 0 aromatic heterocycles. The van der Waals surface area contributed by atoms with Crippen LogP contribution in [0.1, 0.15) is 15.9 Å². The monoisotopic (exact) mass is 332 g/mol. The molecule has 0 aliphatic rings. The Morgan fingerprint density at radius 1 is 1.08 bits per heavy atom. The highest BCUT2D eigenvalue weighted by atomic mass is 19.1. The molecule has 1 atom stereocenters. The van der Waals surface area contributed by atoms with Crippen LogP contribution in [-0.2, 0) is 11.2 Å². The van der Waals surface area contributed by atoms with Crippen molar-refractivity contribution in [3.8, 4) is 0 Å². The van der Waals surface area contributed by atoms with Crippen molar-refractivity contribution in [2.45, 2.75) is 12.5 Å². The number of rotatable bonds is 5. The van der Waals surface area contributed by atoms with Crippen molar-refractivity contribution in [1.82, 2.24) is 10.2 Å². The van der Waals surface area contributed by atoms with Gasteiger partial charge in [-0.25, -0.2) is 8.78 Å². The largest absolute Gasteiger partial charge is 0.347 e. The Morgan fingerprint density at radius 2 is 1.75 bits per heavy atom. The molecule has 2 aromatic rings. The van der Waals surface area contributed by atoms with Crippen LogP contribution in [0.3, 0.4) is 0 Å². The highest BCUT2D eigenvalue weighted by Gasteiger charge is 2.24. The van der Waals surface area contributed by atoms with Crippen molar-refractivity contribution in [1.29, 1.82) is 0 Å². The first kappa shape index (κ1) is 17.6. The summed E-state index contributed by atoms with van der Waals surface area (Å²) < 4.78 is 27.0. The average molecular weight is 332 g/mol. The number of likely N-dealkylation sites (N-methyl/N-ethyl adjacent to an activating group) is 1. The van der Waals surface area contributed by atoms with Crippen LogP contribution in [0, 0.1) is 11.6 Å². The molecule has 0 aliphatic carbocycles. The summed E-state index contributed by atoms with van der Waals surface area (Å²) in [5.74, 6) is -2.73. The van der Waals surface area contributed by atoms with E-state index in [1.165, 1.54) is 4.90 Å². The topological polar surface area (TPSA) is 49.4 Å². The van der Waals surface area contributed by atoms with Crippen LogP contribution in [0.2, 0.25) is 0 Å². The molecule has 2 aromatic carbocycles. The van der Waals surface area contributed by atoms with E-state index in [1.807, 2.05) is 30.3 Å². The molecule has 0 saturated heterocycles. The molecule has 0 aliphatic heterocycles. The Kier molecular flexibility index (Phi) is 5.63. The number of carbonyl (C=O) groups excluding carboxylic acids is 2. The minimum absolute atomic E-state index is 0.251. The van der Waals surface area contributed by atoms with Gasteiger partial charge in [0.2, 0.25) is 5.91 Å².